The molecule has 0 amide bonds. The van der Waals surface area contributed by atoms with Crippen molar-refractivity contribution in [3.63, 3.8) is 0 Å². The number of hydrogen-bond donors (Lipinski definition) is 0. The summed E-state index contributed by atoms with van der Waals surface area (Å²) in [6, 6.07) is 0. The van der Waals surface area contributed by atoms with E-state index in [1.54, 1.807) is 5.57 Å². The SMILES string of the molecule is CC(C)=CC(=O)C[C@@H](C)[C@H]1CC[C@@]2(C)C3CC[C@H]4C(C)=CCC[C@@]45C[C@@]35CC[C@]12C. The third kappa shape index (κ3) is 2.50. The molecule has 5 rings (SSSR count). The molecule has 0 aliphatic heterocycles. The molecule has 0 radical (unpaired) electrons. The molecule has 0 aromatic heterocycles. The van der Waals surface area contributed by atoms with Gasteiger partial charge in [-0.25, -0.2) is 0 Å². The number of rotatable bonds is 4. The molecule has 1 unspecified atom stereocenters. The minimum atomic E-state index is 0.345. The molecular formula is C29H44O. The van der Waals surface area contributed by atoms with Crippen molar-refractivity contribution < 1.29 is 4.79 Å². The first-order chi connectivity index (χ1) is 14.1. The van der Waals surface area contributed by atoms with Gasteiger partial charge in [0.05, 0.1) is 0 Å². The van der Waals surface area contributed by atoms with Crippen LogP contribution < -0.4 is 0 Å². The second kappa shape index (κ2) is 6.58. The monoisotopic (exact) mass is 408 g/mol. The van der Waals surface area contributed by atoms with Gasteiger partial charge in [0.1, 0.15) is 0 Å². The Hall–Kier alpha value is -0.850. The Morgan fingerprint density at radius 3 is 2.57 bits per heavy atom. The summed E-state index contributed by atoms with van der Waals surface area (Å²) in [6.45, 7) is 14.2. The number of fused-ring (bicyclic) bond motifs is 2. The van der Waals surface area contributed by atoms with E-state index in [9.17, 15) is 4.79 Å². The van der Waals surface area contributed by atoms with E-state index in [1.807, 2.05) is 19.9 Å². The van der Waals surface area contributed by atoms with Gasteiger partial charge < -0.3 is 0 Å². The Bertz CT molecular complexity index is 814. The zero-order valence-corrected chi connectivity index (χ0v) is 20.4. The molecule has 1 nitrogen and oxygen atoms in total. The molecule has 0 N–H and O–H groups in total. The molecule has 166 valence electrons. The topological polar surface area (TPSA) is 17.1 Å². The molecule has 0 aromatic rings. The molecule has 0 bridgehead atoms. The van der Waals surface area contributed by atoms with Crippen molar-refractivity contribution in [2.24, 2.45) is 45.3 Å². The van der Waals surface area contributed by atoms with E-state index in [2.05, 4.69) is 33.8 Å². The zero-order chi connectivity index (χ0) is 21.5. The quantitative estimate of drug-likeness (QED) is 0.341. The average Bonchev–Trinajstić information content (AvgIpc) is 3.22. The van der Waals surface area contributed by atoms with Gasteiger partial charge in [0, 0.05) is 6.42 Å². The fourth-order valence-corrected chi connectivity index (χ4v) is 10.4. The first-order valence-corrected chi connectivity index (χ1v) is 12.9. The molecule has 0 heterocycles. The molecule has 8 atom stereocenters. The minimum Gasteiger partial charge on any atom is -0.295 e. The van der Waals surface area contributed by atoms with Crippen LogP contribution in [0.25, 0.3) is 0 Å². The van der Waals surface area contributed by atoms with Crippen LogP contribution >= 0.6 is 0 Å². The molecule has 0 aromatic carbocycles. The lowest BCUT2D eigenvalue weighted by molar-refractivity contribution is -0.126. The summed E-state index contributed by atoms with van der Waals surface area (Å²) in [5.41, 5.74) is 5.10. The van der Waals surface area contributed by atoms with Crippen molar-refractivity contribution in [2.75, 3.05) is 0 Å². The van der Waals surface area contributed by atoms with E-state index in [0.717, 1.165) is 29.7 Å². The molecule has 2 spiro atoms. The van der Waals surface area contributed by atoms with Crippen molar-refractivity contribution in [1.29, 1.82) is 0 Å². The van der Waals surface area contributed by atoms with E-state index in [-0.39, 0.29) is 0 Å². The maximum atomic E-state index is 12.6. The lowest BCUT2D eigenvalue weighted by Crippen LogP contribution is -2.54. The highest BCUT2D eigenvalue weighted by molar-refractivity contribution is 5.90. The predicted molar refractivity (Wildman–Crippen MR) is 125 cm³/mol. The minimum absolute atomic E-state index is 0.345. The highest BCUT2D eigenvalue weighted by atomic mass is 16.1. The number of ketones is 1. The van der Waals surface area contributed by atoms with Crippen LogP contribution in [0.1, 0.15) is 106 Å². The summed E-state index contributed by atoms with van der Waals surface area (Å²) in [5, 5.41) is 0. The van der Waals surface area contributed by atoms with Crippen molar-refractivity contribution in [2.45, 2.75) is 106 Å². The van der Waals surface area contributed by atoms with Gasteiger partial charge in [-0.1, -0.05) is 38.0 Å². The molecular weight excluding hydrogens is 364 g/mol. The molecule has 4 fully saturated rings. The van der Waals surface area contributed by atoms with E-state index in [0.29, 0.717) is 33.4 Å². The van der Waals surface area contributed by atoms with Gasteiger partial charge in [-0.05, 0) is 130 Å². The second-order valence-electron chi connectivity index (χ2n) is 13.0. The highest BCUT2D eigenvalue weighted by Crippen LogP contribution is 2.87. The summed E-state index contributed by atoms with van der Waals surface area (Å²) in [7, 11) is 0. The van der Waals surface area contributed by atoms with Gasteiger partial charge in [-0.3, -0.25) is 4.79 Å². The van der Waals surface area contributed by atoms with Crippen LogP contribution in [0.15, 0.2) is 23.3 Å². The van der Waals surface area contributed by atoms with Crippen molar-refractivity contribution in [1.82, 2.24) is 0 Å². The van der Waals surface area contributed by atoms with Crippen molar-refractivity contribution in [3.8, 4) is 0 Å². The summed E-state index contributed by atoms with van der Waals surface area (Å²) >= 11 is 0. The Morgan fingerprint density at radius 1 is 1.07 bits per heavy atom. The summed E-state index contributed by atoms with van der Waals surface area (Å²) in [5.74, 6) is 3.40. The fraction of sp³-hybridized carbons (Fsp3) is 0.828. The standard InChI is InChI=1S/C29H44O/c1-19(2)16-22(30)17-21(4)23-11-13-27(6)25-10-9-24-20(3)8-7-12-28(24)18-29(25,28)15-14-26(23,27)5/h8,16,21,23-25H,7,9-15,17-18H2,1-6H3/t21-,23-,24+,25?,26-,27+,28-,29+/m1/s1. The average molecular weight is 409 g/mol. The molecule has 4 saturated carbocycles. The summed E-state index contributed by atoms with van der Waals surface area (Å²) in [4.78, 5) is 12.6. The third-order valence-corrected chi connectivity index (χ3v) is 11.8. The normalized spacial score (nSPS) is 49.7. The van der Waals surface area contributed by atoms with Gasteiger partial charge in [-0.15, -0.1) is 0 Å². The molecule has 5 aliphatic carbocycles. The van der Waals surface area contributed by atoms with Crippen LogP contribution in [0.4, 0.5) is 0 Å². The van der Waals surface area contributed by atoms with Gasteiger partial charge in [0.15, 0.2) is 5.78 Å². The van der Waals surface area contributed by atoms with E-state index in [4.69, 9.17) is 0 Å². The molecule has 0 saturated heterocycles. The van der Waals surface area contributed by atoms with Crippen LogP contribution in [0, 0.1) is 45.3 Å². The summed E-state index contributed by atoms with van der Waals surface area (Å²) < 4.78 is 0. The molecule has 5 aliphatic rings. The van der Waals surface area contributed by atoms with Crippen LogP contribution in [0.3, 0.4) is 0 Å². The Morgan fingerprint density at radius 2 is 1.83 bits per heavy atom. The van der Waals surface area contributed by atoms with E-state index < -0.39 is 0 Å². The lowest BCUT2D eigenvalue weighted by atomic mass is 9.43. The van der Waals surface area contributed by atoms with Crippen molar-refractivity contribution in [3.05, 3.63) is 23.3 Å². The lowest BCUT2D eigenvalue weighted by Gasteiger charge is -2.61. The van der Waals surface area contributed by atoms with Crippen LogP contribution in [0.2, 0.25) is 0 Å². The number of hydrogen-bond acceptors (Lipinski definition) is 1. The zero-order valence-electron chi connectivity index (χ0n) is 20.4. The largest absolute Gasteiger partial charge is 0.295 e. The predicted octanol–water partition coefficient (Wildman–Crippen LogP) is 7.91. The maximum Gasteiger partial charge on any atom is 0.155 e. The Balaban J connectivity index is 1.41. The number of allylic oxidation sites excluding steroid dienone is 4. The van der Waals surface area contributed by atoms with Gasteiger partial charge >= 0.3 is 0 Å². The van der Waals surface area contributed by atoms with Crippen LogP contribution in [-0.2, 0) is 4.79 Å². The maximum absolute atomic E-state index is 12.6. The Kier molecular flexibility index (Phi) is 4.61. The van der Waals surface area contributed by atoms with E-state index in [1.165, 1.54) is 57.8 Å². The fourth-order valence-electron chi connectivity index (χ4n) is 10.4. The first-order valence-electron chi connectivity index (χ1n) is 12.9. The van der Waals surface area contributed by atoms with Crippen LogP contribution in [-0.4, -0.2) is 5.78 Å². The number of carbonyl (C=O) groups excluding carboxylic acids is 1. The highest BCUT2D eigenvalue weighted by Gasteiger charge is 2.80. The molecule has 1 heteroatoms. The third-order valence-electron chi connectivity index (χ3n) is 11.8. The molecule has 30 heavy (non-hydrogen) atoms. The van der Waals surface area contributed by atoms with E-state index >= 15 is 0 Å². The first kappa shape index (κ1) is 21.0. The van der Waals surface area contributed by atoms with Gasteiger partial charge in [0.2, 0.25) is 0 Å². The van der Waals surface area contributed by atoms with Gasteiger partial charge in [0.25, 0.3) is 0 Å². The van der Waals surface area contributed by atoms with Crippen molar-refractivity contribution >= 4 is 5.78 Å². The Labute approximate surface area is 185 Å². The smallest absolute Gasteiger partial charge is 0.155 e. The number of carbonyl (C=O) groups is 1. The second-order valence-corrected chi connectivity index (χ2v) is 13.0. The summed E-state index contributed by atoms with van der Waals surface area (Å²) in [6.07, 6.45) is 18.0. The van der Waals surface area contributed by atoms with Gasteiger partial charge in [-0.2, -0.15) is 0 Å². The van der Waals surface area contributed by atoms with Crippen LogP contribution in [0.5, 0.6) is 0 Å².